The number of amides is 2. The molecule has 0 bridgehead atoms. The molecule has 0 fully saturated rings. The Morgan fingerprint density at radius 2 is 1.53 bits per heavy atom. The Bertz CT molecular complexity index is 428. The number of carbonyl (C=O) groups excluding carboxylic acids is 1. The molecule has 0 aliphatic rings. The SMILES string of the molecule is Cc1cccc(NC(N)=O)c1.c1ccccc1. The molecule has 0 radical (unpaired) electrons. The number of primary amides is 1. The van der Waals surface area contributed by atoms with Gasteiger partial charge in [0.15, 0.2) is 0 Å². The lowest BCUT2D eigenvalue weighted by atomic mass is 10.2. The normalized spacial score (nSPS) is 8.76. The van der Waals surface area contributed by atoms with Gasteiger partial charge in [0, 0.05) is 5.69 Å². The molecule has 0 aromatic heterocycles. The Kier molecular flexibility index (Phi) is 5.31. The van der Waals surface area contributed by atoms with E-state index < -0.39 is 6.03 Å². The molecule has 0 unspecified atom stereocenters. The van der Waals surface area contributed by atoms with E-state index in [4.69, 9.17) is 5.73 Å². The number of benzene rings is 2. The highest BCUT2D eigenvalue weighted by atomic mass is 16.2. The van der Waals surface area contributed by atoms with Crippen LogP contribution in [0.15, 0.2) is 60.7 Å². The van der Waals surface area contributed by atoms with Gasteiger partial charge >= 0.3 is 6.03 Å². The fourth-order valence-electron chi connectivity index (χ4n) is 1.25. The molecule has 2 aromatic carbocycles. The third-order valence-electron chi connectivity index (χ3n) is 1.95. The summed E-state index contributed by atoms with van der Waals surface area (Å²) in [6.45, 7) is 1.95. The predicted molar refractivity (Wildman–Crippen MR) is 70.8 cm³/mol. The minimum atomic E-state index is -0.532. The fraction of sp³-hybridized carbons (Fsp3) is 0.0714. The molecule has 3 heteroatoms. The summed E-state index contributed by atoms with van der Waals surface area (Å²) in [5.41, 5.74) is 6.75. The van der Waals surface area contributed by atoms with E-state index in [1.54, 1.807) is 6.07 Å². The summed E-state index contributed by atoms with van der Waals surface area (Å²) in [5, 5.41) is 2.48. The molecule has 0 saturated heterocycles. The fourth-order valence-corrected chi connectivity index (χ4v) is 1.25. The van der Waals surface area contributed by atoms with Crippen molar-refractivity contribution in [3.05, 3.63) is 66.2 Å². The number of hydrogen-bond donors (Lipinski definition) is 2. The maximum Gasteiger partial charge on any atom is 0.316 e. The Morgan fingerprint density at radius 1 is 1.00 bits per heavy atom. The molecule has 2 aromatic rings. The van der Waals surface area contributed by atoms with Crippen LogP contribution in [0.3, 0.4) is 0 Å². The maximum atomic E-state index is 10.4. The molecule has 0 atom stereocenters. The van der Waals surface area contributed by atoms with Crippen molar-refractivity contribution < 1.29 is 4.79 Å². The third kappa shape index (κ3) is 5.99. The minimum Gasteiger partial charge on any atom is -0.351 e. The van der Waals surface area contributed by atoms with Crippen LogP contribution in [-0.4, -0.2) is 6.03 Å². The largest absolute Gasteiger partial charge is 0.351 e. The number of nitrogens with one attached hydrogen (secondary N) is 1. The van der Waals surface area contributed by atoms with Crippen LogP contribution in [0.2, 0.25) is 0 Å². The summed E-state index contributed by atoms with van der Waals surface area (Å²) in [7, 11) is 0. The molecule has 0 aliphatic heterocycles. The second-order valence-corrected chi connectivity index (χ2v) is 3.51. The van der Waals surface area contributed by atoms with Gasteiger partial charge in [-0.3, -0.25) is 0 Å². The van der Waals surface area contributed by atoms with Gasteiger partial charge in [0.05, 0.1) is 0 Å². The standard InChI is InChI=1S/C8H10N2O.C6H6/c1-6-3-2-4-7(5-6)10-8(9)11;1-2-4-6-5-3-1/h2-5H,1H3,(H3,9,10,11);1-6H. The summed E-state index contributed by atoms with van der Waals surface area (Å²) in [6.07, 6.45) is 0. The Labute approximate surface area is 101 Å². The lowest BCUT2D eigenvalue weighted by Gasteiger charge is -2.00. The van der Waals surface area contributed by atoms with Gasteiger partial charge in [-0.05, 0) is 24.6 Å². The van der Waals surface area contributed by atoms with E-state index >= 15 is 0 Å². The van der Waals surface area contributed by atoms with Crippen molar-refractivity contribution in [2.75, 3.05) is 5.32 Å². The monoisotopic (exact) mass is 228 g/mol. The van der Waals surface area contributed by atoms with Crippen LogP contribution in [0.1, 0.15) is 5.56 Å². The van der Waals surface area contributed by atoms with E-state index in [9.17, 15) is 4.79 Å². The molecule has 2 rings (SSSR count). The summed E-state index contributed by atoms with van der Waals surface area (Å²) < 4.78 is 0. The second-order valence-electron chi connectivity index (χ2n) is 3.51. The number of carbonyl (C=O) groups is 1. The van der Waals surface area contributed by atoms with Gasteiger partial charge in [-0.1, -0.05) is 48.5 Å². The number of urea groups is 1. The smallest absolute Gasteiger partial charge is 0.316 e. The van der Waals surface area contributed by atoms with Crippen LogP contribution in [0, 0.1) is 6.92 Å². The topological polar surface area (TPSA) is 55.1 Å². The Morgan fingerprint density at radius 3 is 1.94 bits per heavy atom. The average Bonchev–Trinajstić information content (AvgIpc) is 2.31. The van der Waals surface area contributed by atoms with Crippen molar-refractivity contribution >= 4 is 11.7 Å². The minimum absolute atomic E-state index is 0.532. The number of hydrogen-bond acceptors (Lipinski definition) is 1. The zero-order valence-corrected chi connectivity index (χ0v) is 9.76. The number of aryl methyl sites for hydroxylation is 1. The van der Waals surface area contributed by atoms with Gasteiger partial charge in [-0.15, -0.1) is 0 Å². The highest BCUT2D eigenvalue weighted by Gasteiger charge is 1.93. The number of rotatable bonds is 1. The van der Waals surface area contributed by atoms with Crippen molar-refractivity contribution in [2.24, 2.45) is 5.73 Å². The predicted octanol–water partition coefficient (Wildman–Crippen LogP) is 3.17. The quantitative estimate of drug-likeness (QED) is 0.773. The Hall–Kier alpha value is -2.29. The lowest BCUT2D eigenvalue weighted by Crippen LogP contribution is -2.19. The zero-order chi connectivity index (χ0) is 12.5. The van der Waals surface area contributed by atoms with Crippen molar-refractivity contribution in [3.63, 3.8) is 0 Å². The van der Waals surface area contributed by atoms with Crippen LogP contribution in [-0.2, 0) is 0 Å². The van der Waals surface area contributed by atoms with E-state index in [1.165, 1.54) is 0 Å². The van der Waals surface area contributed by atoms with Crippen LogP contribution >= 0.6 is 0 Å². The first kappa shape index (κ1) is 12.8. The molecule has 3 N–H and O–H groups in total. The highest BCUT2D eigenvalue weighted by molar-refractivity contribution is 5.87. The lowest BCUT2D eigenvalue weighted by molar-refractivity contribution is 0.259. The van der Waals surface area contributed by atoms with Gasteiger partial charge in [-0.25, -0.2) is 4.79 Å². The van der Waals surface area contributed by atoms with Gasteiger partial charge in [0.1, 0.15) is 0 Å². The Balaban J connectivity index is 0.000000202. The van der Waals surface area contributed by atoms with E-state index in [0.29, 0.717) is 0 Å². The molecule has 17 heavy (non-hydrogen) atoms. The van der Waals surface area contributed by atoms with Crippen LogP contribution in [0.4, 0.5) is 10.5 Å². The first-order chi connectivity index (χ1) is 8.18. The van der Waals surface area contributed by atoms with E-state index in [-0.39, 0.29) is 0 Å². The van der Waals surface area contributed by atoms with Gasteiger partial charge in [0.2, 0.25) is 0 Å². The summed E-state index contributed by atoms with van der Waals surface area (Å²) >= 11 is 0. The number of nitrogens with two attached hydrogens (primary N) is 1. The average molecular weight is 228 g/mol. The molecule has 0 aliphatic carbocycles. The van der Waals surface area contributed by atoms with Crippen LogP contribution in [0.5, 0.6) is 0 Å². The van der Waals surface area contributed by atoms with Crippen LogP contribution < -0.4 is 11.1 Å². The first-order valence-electron chi connectivity index (χ1n) is 5.31. The molecule has 2 amide bonds. The van der Waals surface area contributed by atoms with Crippen LogP contribution in [0.25, 0.3) is 0 Å². The summed E-state index contributed by atoms with van der Waals surface area (Å²) in [4.78, 5) is 10.4. The third-order valence-corrected chi connectivity index (χ3v) is 1.95. The highest BCUT2D eigenvalue weighted by Crippen LogP contribution is 2.08. The molecular weight excluding hydrogens is 212 g/mol. The summed E-state index contributed by atoms with van der Waals surface area (Å²) in [5.74, 6) is 0. The molecule has 0 heterocycles. The molecule has 0 saturated carbocycles. The first-order valence-corrected chi connectivity index (χ1v) is 5.31. The molecule has 88 valence electrons. The maximum absolute atomic E-state index is 10.4. The summed E-state index contributed by atoms with van der Waals surface area (Å²) in [6, 6.07) is 18.9. The van der Waals surface area contributed by atoms with Gasteiger partial charge in [0.25, 0.3) is 0 Å². The number of anilines is 1. The van der Waals surface area contributed by atoms with Crippen molar-refractivity contribution in [1.29, 1.82) is 0 Å². The van der Waals surface area contributed by atoms with E-state index in [2.05, 4.69) is 5.32 Å². The zero-order valence-electron chi connectivity index (χ0n) is 9.76. The van der Waals surface area contributed by atoms with E-state index in [0.717, 1.165) is 11.3 Å². The molecule has 0 spiro atoms. The van der Waals surface area contributed by atoms with E-state index in [1.807, 2.05) is 61.5 Å². The van der Waals surface area contributed by atoms with Crippen molar-refractivity contribution in [3.8, 4) is 0 Å². The molecule has 3 nitrogen and oxygen atoms in total. The van der Waals surface area contributed by atoms with Gasteiger partial charge < -0.3 is 11.1 Å². The van der Waals surface area contributed by atoms with Crippen molar-refractivity contribution in [2.45, 2.75) is 6.92 Å². The molecular formula is C14H16N2O. The van der Waals surface area contributed by atoms with Gasteiger partial charge in [-0.2, -0.15) is 0 Å². The van der Waals surface area contributed by atoms with Crippen molar-refractivity contribution in [1.82, 2.24) is 0 Å². The second kappa shape index (κ2) is 7.06.